The molecule has 0 spiro atoms. The van der Waals surface area contributed by atoms with Gasteiger partial charge in [0, 0.05) is 11.7 Å². The highest BCUT2D eigenvalue weighted by atomic mass is 15.1. The third-order valence-electron chi connectivity index (χ3n) is 3.22. The first-order valence-electron chi connectivity index (χ1n) is 6.37. The van der Waals surface area contributed by atoms with Gasteiger partial charge in [0.2, 0.25) is 0 Å². The maximum atomic E-state index is 8.67. The van der Waals surface area contributed by atoms with E-state index in [4.69, 9.17) is 11.0 Å². The van der Waals surface area contributed by atoms with Crippen molar-refractivity contribution < 1.29 is 0 Å². The molecule has 0 saturated carbocycles. The minimum absolute atomic E-state index is 0.0405. The number of hydrogen-bond donors (Lipinski definition) is 1. The highest BCUT2D eigenvalue weighted by Gasteiger charge is 2.15. The van der Waals surface area contributed by atoms with Crippen LogP contribution in [0.2, 0.25) is 0 Å². The maximum Gasteiger partial charge on any atom is 0.0994 e. The third-order valence-corrected chi connectivity index (χ3v) is 3.22. The lowest BCUT2D eigenvalue weighted by Crippen LogP contribution is -2.19. The lowest BCUT2D eigenvalue weighted by atomic mass is 10.0. The molecule has 2 N–H and O–H groups in total. The Kier molecular flexibility index (Phi) is 3.98. The number of nitriles is 1. The van der Waals surface area contributed by atoms with Crippen molar-refractivity contribution in [2.75, 3.05) is 0 Å². The molecule has 1 aromatic heterocycles. The van der Waals surface area contributed by atoms with Crippen molar-refractivity contribution in [1.29, 1.82) is 5.26 Å². The van der Waals surface area contributed by atoms with Gasteiger partial charge in [0.05, 0.1) is 30.7 Å². The van der Waals surface area contributed by atoms with E-state index in [2.05, 4.69) is 24.9 Å². The normalized spacial score (nSPS) is 12.4. The van der Waals surface area contributed by atoms with Gasteiger partial charge in [0.15, 0.2) is 0 Å². The van der Waals surface area contributed by atoms with E-state index in [1.165, 1.54) is 0 Å². The molecular weight excluding hydrogens is 236 g/mol. The summed E-state index contributed by atoms with van der Waals surface area (Å²) < 4.78 is 2.00. The van der Waals surface area contributed by atoms with E-state index in [0.717, 1.165) is 16.9 Å². The number of benzene rings is 1. The van der Waals surface area contributed by atoms with Crippen LogP contribution in [0.1, 0.15) is 31.1 Å². The molecule has 98 valence electrons. The molecule has 0 aliphatic rings. The minimum Gasteiger partial charge on any atom is -0.322 e. The van der Waals surface area contributed by atoms with Crippen LogP contribution in [0, 0.1) is 17.2 Å². The largest absolute Gasteiger partial charge is 0.322 e. The smallest absolute Gasteiger partial charge is 0.0994 e. The van der Waals surface area contributed by atoms with Gasteiger partial charge >= 0.3 is 0 Å². The summed E-state index contributed by atoms with van der Waals surface area (Å²) in [6.45, 7) is 4.19. The Hall–Kier alpha value is -2.12. The molecule has 19 heavy (non-hydrogen) atoms. The van der Waals surface area contributed by atoms with E-state index in [-0.39, 0.29) is 6.04 Å². The summed E-state index contributed by atoms with van der Waals surface area (Å²) in [5, 5.41) is 8.67. The van der Waals surface area contributed by atoms with Gasteiger partial charge in [-0.15, -0.1) is 0 Å². The average molecular weight is 254 g/mol. The van der Waals surface area contributed by atoms with E-state index >= 15 is 0 Å². The van der Waals surface area contributed by atoms with Crippen molar-refractivity contribution in [3.05, 3.63) is 48.0 Å². The number of hydrogen-bond acceptors (Lipinski definition) is 3. The van der Waals surface area contributed by atoms with Gasteiger partial charge in [0.1, 0.15) is 0 Å². The Balaban J connectivity index is 2.32. The van der Waals surface area contributed by atoms with E-state index in [1.54, 1.807) is 6.33 Å². The second kappa shape index (κ2) is 5.68. The second-order valence-electron chi connectivity index (χ2n) is 4.96. The number of nitrogens with zero attached hydrogens (tertiary/aromatic N) is 3. The van der Waals surface area contributed by atoms with Gasteiger partial charge in [-0.1, -0.05) is 26.0 Å². The zero-order valence-corrected chi connectivity index (χ0v) is 11.2. The van der Waals surface area contributed by atoms with Gasteiger partial charge in [-0.05, 0) is 23.6 Å². The molecule has 0 fully saturated rings. The van der Waals surface area contributed by atoms with Gasteiger partial charge in [0.25, 0.3) is 0 Å². The number of nitrogens with two attached hydrogens (primary N) is 1. The highest BCUT2D eigenvalue weighted by molar-refractivity contribution is 5.37. The van der Waals surface area contributed by atoms with Crippen LogP contribution in [0.25, 0.3) is 5.69 Å². The van der Waals surface area contributed by atoms with Crippen LogP contribution >= 0.6 is 0 Å². The van der Waals surface area contributed by atoms with Crippen molar-refractivity contribution in [1.82, 2.24) is 9.55 Å². The van der Waals surface area contributed by atoms with Crippen molar-refractivity contribution in [2.45, 2.75) is 26.3 Å². The van der Waals surface area contributed by atoms with Crippen molar-refractivity contribution in [3.8, 4) is 11.8 Å². The van der Waals surface area contributed by atoms with Gasteiger partial charge < -0.3 is 10.3 Å². The van der Waals surface area contributed by atoms with E-state index in [1.807, 2.05) is 35.0 Å². The molecule has 2 aromatic rings. The van der Waals surface area contributed by atoms with Crippen LogP contribution in [0.3, 0.4) is 0 Å². The second-order valence-corrected chi connectivity index (χ2v) is 4.96. The fourth-order valence-electron chi connectivity index (χ4n) is 1.97. The average Bonchev–Trinajstić information content (AvgIpc) is 2.88. The zero-order valence-electron chi connectivity index (χ0n) is 11.2. The molecule has 0 aliphatic heterocycles. The summed E-state index contributed by atoms with van der Waals surface area (Å²) in [6.07, 6.45) is 4.02. The molecule has 4 nitrogen and oxygen atoms in total. The monoisotopic (exact) mass is 254 g/mol. The fourth-order valence-corrected chi connectivity index (χ4v) is 1.97. The Bertz CT molecular complexity index is 575. The van der Waals surface area contributed by atoms with Crippen molar-refractivity contribution in [2.24, 2.45) is 11.7 Å². The summed E-state index contributed by atoms with van der Waals surface area (Å²) >= 11 is 0. The number of imidazole rings is 1. The Labute approximate surface area is 113 Å². The Morgan fingerprint density at radius 1 is 1.32 bits per heavy atom. The number of aromatic nitrogens is 2. The van der Waals surface area contributed by atoms with Crippen molar-refractivity contribution >= 4 is 0 Å². The molecule has 1 heterocycles. The van der Waals surface area contributed by atoms with Crippen LogP contribution in [0.4, 0.5) is 0 Å². The predicted molar refractivity (Wildman–Crippen MR) is 74.6 cm³/mol. The third kappa shape index (κ3) is 2.83. The summed E-state index contributed by atoms with van der Waals surface area (Å²) in [5.74, 6) is 0.355. The molecule has 0 saturated heterocycles. The first-order valence-corrected chi connectivity index (χ1v) is 6.37. The fraction of sp³-hybridized carbons (Fsp3) is 0.333. The minimum atomic E-state index is -0.0405. The summed E-state index contributed by atoms with van der Waals surface area (Å²) in [4.78, 5) is 4.19. The van der Waals surface area contributed by atoms with Crippen LogP contribution in [0.5, 0.6) is 0 Å². The quantitative estimate of drug-likeness (QED) is 0.911. The molecule has 0 amide bonds. The van der Waals surface area contributed by atoms with Crippen molar-refractivity contribution in [3.63, 3.8) is 0 Å². The van der Waals surface area contributed by atoms with E-state index < -0.39 is 0 Å². The molecule has 1 atom stereocenters. The standard InChI is InChI=1S/C15H18N4/c1-11(2)15(17)14-9-18-10-19(14)13-5-3-12(4-6-13)7-8-16/h3-6,9-11,15H,7,17H2,1-2H3. The lowest BCUT2D eigenvalue weighted by Gasteiger charge is -2.18. The lowest BCUT2D eigenvalue weighted by molar-refractivity contribution is 0.497. The molecule has 2 rings (SSSR count). The molecule has 4 heteroatoms. The van der Waals surface area contributed by atoms with Crippen LogP contribution in [0.15, 0.2) is 36.8 Å². The van der Waals surface area contributed by atoms with E-state index in [0.29, 0.717) is 12.3 Å². The first kappa shape index (κ1) is 13.3. The topological polar surface area (TPSA) is 67.6 Å². The maximum absolute atomic E-state index is 8.67. The first-order chi connectivity index (χ1) is 9.13. The van der Waals surface area contributed by atoms with Gasteiger partial charge in [-0.25, -0.2) is 4.98 Å². The Morgan fingerprint density at radius 2 is 2.00 bits per heavy atom. The molecule has 0 aliphatic carbocycles. The van der Waals surface area contributed by atoms with Gasteiger partial charge in [-0.3, -0.25) is 0 Å². The molecular formula is C15H18N4. The summed E-state index contributed by atoms with van der Waals surface area (Å²) in [6, 6.07) is 10.0. The van der Waals surface area contributed by atoms with Gasteiger partial charge in [-0.2, -0.15) is 5.26 Å². The Morgan fingerprint density at radius 3 is 2.58 bits per heavy atom. The number of rotatable bonds is 4. The summed E-state index contributed by atoms with van der Waals surface area (Å²) in [7, 11) is 0. The molecule has 1 aromatic carbocycles. The molecule has 0 bridgehead atoms. The predicted octanol–water partition coefficient (Wildman–Crippen LogP) is 2.59. The van der Waals surface area contributed by atoms with E-state index in [9.17, 15) is 0 Å². The SMILES string of the molecule is CC(C)C(N)c1cncn1-c1ccc(CC#N)cc1. The van der Waals surface area contributed by atoms with Crippen LogP contribution < -0.4 is 5.73 Å². The highest BCUT2D eigenvalue weighted by Crippen LogP contribution is 2.22. The zero-order chi connectivity index (χ0) is 13.8. The van der Waals surface area contributed by atoms with Crippen LogP contribution in [-0.2, 0) is 6.42 Å². The molecule has 0 radical (unpaired) electrons. The molecule has 1 unspecified atom stereocenters. The van der Waals surface area contributed by atoms with Crippen LogP contribution in [-0.4, -0.2) is 9.55 Å². The summed E-state index contributed by atoms with van der Waals surface area (Å²) in [5.41, 5.74) is 9.23.